The number of hydrogen-bond donors (Lipinski definition) is 2. The van der Waals surface area contributed by atoms with Crippen LogP contribution in [0.2, 0.25) is 0 Å². The van der Waals surface area contributed by atoms with Gasteiger partial charge in [-0.15, -0.1) is 22.7 Å². The Bertz CT molecular complexity index is 578. The summed E-state index contributed by atoms with van der Waals surface area (Å²) in [6.45, 7) is 0.497. The van der Waals surface area contributed by atoms with Gasteiger partial charge >= 0.3 is 12.0 Å². The van der Waals surface area contributed by atoms with Crippen LogP contribution in [0.5, 0.6) is 0 Å². The predicted molar refractivity (Wildman–Crippen MR) is 76.1 cm³/mol. The maximum atomic E-state index is 11.9. The molecular formula is C12H12N2O3S2. The SMILES string of the molecule is CN(Cc1cccs1)C(=O)Nc1sccc1C(=O)O. The number of nitrogens with one attached hydrogen (secondary N) is 1. The molecule has 7 heteroatoms. The molecule has 0 aromatic carbocycles. The first-order valence-corrected chi connectivity index (χ1v) is 7.19. The van der Waals surface area contributed by atoms with Gasteiger partial charge in [-0.3, -0.25) is 5.32 Å². The number of anilines is 1. The zero-order chi connectivity index (χ0) is 13.8. The third-order valence-electron chi connectivity index (χ3n) is 2.44. The largest absolute Gasteiger partial charge is 0.478 e. The Balaban J connectivity index is 2.00. The van der Waals surface area contributed by atoms with Crippen LogP contribution in [0.4, 0.5) is 9.80 Å². The topological polar surface area (TPSA) is 69.6 Å². The number of carbonyl (C=O) groups is 2. The molecule has 0 aliphatic rings. The van der Waals surface area contributed by atoms with Crippen molar-refractivity contribution in [1.29, 1.82) is 0 Å². The summed E-state index contributed by atoms with van der Waals surface area (Å²) in [5.74, 6) is -1.04. The molecule has 0 fully saturated rings. The zero-order valence-electron chi connectivity index (χ0n) is 10.1. The van der Waals surface area contributed by atoms with Gasteiger partial charge < -0.3 is 10.0 Å². The van der Waals surface area contributed by atoms with E-state index in [4.69, 9.17) is 5.11 Å². The van der Waals surface area contributed by atoms with E-state index in [1.54, 1.807) is 23.8 Å². The average molecular weight is 296 g/mol. The summed E-state index contributed by atoms with van der Waals surface area (Å²) in [6, 6.07) is 5.02. The van der Waals surface area contributed by atoms with Crippen molar-refractivity contribution in [3.63, 3.8) is 0 Å². The molecule has 0 bridgehead atoms. The van der Waals surface area contributed by atoms with Crippen molar-refractivity contribution in [1.82, 2.24) is 4.90 Å². The van der Waals surface area contributed by atoms with Crippen LogP contribution in [0.15, 0.2) is 29.0 Å². The lowest BCUT2D eigenvalue weighted by Crippen LogP contribution is -2.30. The lowest BCUT2D eigenvalue weighted by atomic mass is 10.3. The minimum atomic E-state index is -1.04. The lowest BCUT2D eigenvalue weighted by molar-refractivity contribution is 0.0698. The van der Waals surface area contributed by atoms with Crippen molar-refractivity contribution in [3.05, 3.63) is 39.4 Å². The summed E-state index contributed by atoms with van der Waals surface area (Å²) < 4.78 is 0. The minimum Gasteiger partial charge on any atom is -0.478 e. The van der Waals surface area contributed by atoms with Crippen LogP contribution in [0.1, 0.15) is 15.2 Å². The molecule has 19 heavy (non-hydrogen) atoms. The Hall–Kier alpha value is -1.86. The number of urea groups is 1. The number of carboxylic acids is 1. The maximum absolute atomic E-state index is 11.9. The highest BCUT2D eigenvalue weighted by Crippen LogP contribution is 2.23. The molecule has 0 saturated carbocycles. The Morgan fingerprint density at radius 3 is 2.74 bits per heavy atom. The van der Waals surface area contributed by atoms with Gasteiger partial charge in [-0.2, -0.15) is 0 Å². The quantitative estimate of drug-likeness (QED) is 0.910. The van der Waals surface area contributed by atoms with Gasteiger partial charge in [0, 0.05) is 11.9 Å². The number of carboxylic acid groups (broad SMARTS) is 1. The number of nitrogens with zero attached hydrogens (tertiary/aromatic N) is 1. The van der Waals surface area contributed by atoms with Gasteiger partial charge in [0.15, 0.2) is 0 Å². The fourth-order valence-corrected chi connectivity index (χ4v) is 3.00. The number of hydrogen-bond acceptors (Lipinski definition) is 4. The number of aromatic carboxylic acids is 1. The third-order valence-corrected chi connectivity index (χ3v) is 4.13. The molecule has 100 valence electrons. The normalized spacial score (nSPS) is 10.2. The molecule has 0 aliphatic heterocycles. The second-order valence-electron chi connectivity index (χ2n) is 3.83. The first-order valence-electron chi connectivity index (χ1n) is 5.43. The summed E-state index contributed by atoms with van der Waals surface area (Å²) in [4.78, 5) is 25.5. The Morgan fingerprint density at radius 1 is 1.32 bits per heavy atom. The number of rotatable bonds is 4. The van der Waals surface area contributed by atoms with Crippen molar-refractivity contribution < 1.29 is 14.7 Å². The Kier molecular flexibility index (Phi) is 4.18. The highest BCUT2D eigenvalue weighted by atomic mass is 32.1. The van der Waals surface area contributed by atoms with Gasteiger partial charge in [-0.25, -0.2) is 9.59 Å². The molecule has 2 rings (SSSR count). The van der Waals surface area contributed by atoms with Crippen molar-refractivity contribution in [2.45, 2.75) is 6.54 Å². The molecule has 0 radical (unpaired) electrons. The molecule has 2 aromatic heterocycles. The third kappa shape index (κ3) is 3.33. The summed E-state index contributed by atoms with van der Waals surface area (Å²) in [6.07, 6.45) is 0. The highest BCUT2D eigenvalue weighted by Gasteiger charge is 2.16. The molecule has 0 unspecified atom stereocenters. The predicted octanol–water partition coefficient (Wildman–Crippen LogP) is 3.17. The lowest BCUT2D eigenvalue weighted by Gasteiger charge is -2.16. The molecule has 2 heterocycles. The summed E-state index contributed by atoms with van der Waals surface area (Å²) in [7, 11) is 1.67. The van der Waals surface area contributed by atoms with Crippen LogP contribution in [-0.4, -0.2) is 29.1 Å². The summed E-state index contributed by atoms with van der Waals surface area (Å²) in [5.41, 5.74) is 0.114. The van der Waals surface area contributed by atoms with E-state index in [0.29, 0.717) is 11.5 Å². The van der Waals surface area contributed by atoms with Crippen LogP contribution < -0.4 is 5.32 Å². The van der Waals surface area contributed by atoms with E-state index in [2.05, 4.69) is 5.32 Å². The Labute approximate surface area is 118 Å². The van der Waals surface area contributed by atoms with E-state index in [9.17, 15) is 9.59 Å². The van der Waals surface area contributed by atoms with Gasteiger partial charge in [-0.1, -0.05) is 6.07 Å². The van der Waals surface area contributed by atoms with Gasteiger partial charge in [0.1, 0.15) is 5.00 Å². The highest BCUT2D eigenvalue weighted by molar-refractivity contribution is 7.14. The second kappa shape index (κ2) is 5.85. The first kappa shape index (κ1) is 13.6. The zero-order valence-corrected chi connectivity index (χ0v) is 11.8. The molecular weight excluding hydrogens is 284 g/mol. The van der Waals surface area contributed by atoms with Gasteiger partial charge in [0.05, 0.1) is 12.1 Å². The van der Waals surface area contributed by atoms with E-state index in [1.807, 2.05) is 17.5 Å². The number of thiophene rings is 2. The fraction of sp³-hybridized carbons (Fsp3) is 0.167. The first-order chi connectivity index (χ1) is 9.08. The molecule has 5 nitrogen and oxygen atoms in total. The van der Waals surface area contributed by atoms with E-state index < -0.39 is 5.97 Å². The monoisotopic (exact) mass is 296 g/mol. The van der Waals surface area contributed by atoms with Crippen molar-refractivity contribution in [3.8, 4) is 0 Å². The second-order valence-corrected chi connectivity index (χ2v) is 5.78. The van der Waals surface area contributed by atoms with Crippen LogP contribution >= 0.6 is 22.7 Å². The minimum absolute atomic E-state index is 0.114. The summed E-state index contributed by atoms with van der Waals surface area (Å²) in [5, 5.41) is 15.5. The van der Waals surface area contributed by atoms with Crippen LogP contribution in [-0.2, 0) is 6.54 Å². The smallest absolute Gasteiger partial charge is 0.338 e. The molecule has 0 aliphatic carbocycles. The van der Waals surface area contributed by atoms with E-state index in [-0.39, 0.29) is 11.6 Å². The molecule has 2 aromatic rings. The van der Waals surface area contributed by atoms with E-state index in [0.717, 1.165) is 4.88 Å². The molecule has 0 spiro atoms. The van der Waals surface area contributed by atoms with Crippen molar-refractivity contribution in [2.24, 2.45) is 0 Å². The van der Waals surface area contributed by atoms with Gasteiger partial charge in [0.2, 0.25) is 0 Å². The van der Waals surface area contributed by atoms with E-state index >= 15 is 0 Å². The molecule has 0 atom stereocenters. The van der Waals surface area contributed by atoms with Crippen molar-refractivity contribution in [2.75, 3.05) is 12.4 Å². The molecule has 2 amide bonds. The number of carbonyl (C=O) groups excluding carboxylic acids is 1. The van der Waals surface area contributed by atoms with Crippen LogP contribution in [0.3, 0.4) is 0 Å². The van der Waals surface area contributed by atoms with E-state index in [1.165, 1.54) is 22.3 Å². The molecule has 0 saturated heterocycles. The fourth-order valence-electron chi connectivity index (χ4n) is 1.48. The van der Waals surface area contributed by atoms with Crippen molar-refractivity contribution >= 4 is 39.7 Å². The molecule has 2 N–H and O–H groups in total. The maximum Gasteiger partial charge on any atom is 0.338 e. The Morgan fingerprint density at radius 2 is 2.11 bits per heavy atom. The van der Waals surface area contributed by atoms with Crippen LogP contribution in [0.25, 0.3) is 0 Å². The number of amides is 2. The average Bonchev–Trinajstić information content (AvgIpc) is 2.99. The van der Waals surface area contributed by atoms with Gasteiger partial charge in [0.25, 0.3) is 0 Å². The summed E-state index contributed by atoms with van der Waals surface area (Å²) >= 11 is 2.77. The van der Waals surface area contributed by atoms with Crippen LogP contribution in [0, 0.1) is 0 Å². The van der Waals surface area contributed by atoms with Gasteiger partial charge in [-0.05, 0) is 22.9 Å². The standard InChI is InChI=1S/C12H12N2O3S2/c1-14(7-8-3-2-5-18-8)12(17)13-10-9(11(15)16)4-6-19-10/h2-6H,7H2,1H3,(H,13,17)(H,15,16).